The lowest BCUT2D eigenvalue weighted by molar-refractivity contribution is 0.141. The highest BCUT2D eigenvalue weighted by Crippen LogP contribution is 2.41. The third-order valence-corrected chi connectivity index (χ3v) is 6.53. The lowest BCUT2D eigenvalue weighted by Crippen LogP contribution is -2.41. The first-order chi connectivity index (χ1) is 14.5. The van der Waals surface area contributed by atoms with Crippen LogP contribution in [0.4, 0.5) is 14.5 Å². The fourth-order valence-corrected chi connectivity index (χ4v) is 4.68. The number of methoxy groups -OCH3 is 1. The maximum atomic E-state index is 13.5. The van der Waals surface area contributed by atoms with Crippen molar-refractivity contribution in [1.29, 1.82) is 0 Å². The molecule has 2 fully saturated rings. The molecule has 1 aliphatic heterocycles. The van der Waals surface area contributed by atoms with Gasteiger partial charge in [0.2, 0.25) is 0 Å². The summed E-state index contributed by atoms with van der Waals surface area (Å²) in [5.41, 5.74) is 1.02. The van der Waals surface area contributed by atoms with Gasteiger partial charge in [-0.25, -0.2) is 8.78 Å². The minimum atomic E-state index is -0.798. The highest BCUT2D eigenvalue weighted by molar-refractivity contribution is 14.0. The van der Waals surface area contributed by atoms with Crippen LogP contribution in [0.1, 0.15) is 45.4 Å². The third kappa shape index (κ3) is 7.44. The van der Waals surface area contributed by atoms with Gasteiger partial charge in [-0.2, -0.15) is 0 Å². The summed E-state index contributed by atoms with van der Waals surface area (Å²) >= 11 is 0. The Balaban J connectivity index is 0.00000341. The summed E-state index contributed by atoms with van der Waals surface area (Å²) in [5.74, 6) is -0.276. The number of halogens is 3. The molecule has 0 spiro atoms. The van der Waals surface area contributed by atoms with Crippen molar-refractivity contribution >= 4 is 35.6 Å². The molecule has 1 aromatic carbocycles. The summed E-state index contributed by atoms with van der Waals surface area (Å²) in [6, 6.07) is 4.15. The Morgan fingerprint density at radius 2 is 2.00 bits per heavy atom. The summed E-state index contributed by atoms with van der Waals surface area (Å²) in [6.07, 6.45) is 7.10. The van der Waals surface area contributed by atoms with Crippen molar-refractivity contribution in [3.8, 4) is 0 Å². The Kier molecular flexibility index (Phi) is 10.7. The van der Waals surface area contributed by atoms with Crippen LogP contribution < -0.4 is 15.5 Å². The van der Waals surface area contributed by atoms with Crippen molar-refractivity contribution in [3.63, 3.8) is 0 Å². The monoisotopic (exact) mass is 550 g/mol. The van der Waals surface area contributed by atoms with Crippen LogP contribution >= 0.6 is 24.0 Å². The van der Waals surface area contributed by atoms with Gasteiger partial charge in [-0.3, -0.25) is 4.99 Å². The highest BCUT2D eigenvalue weighted by atomic mass is 127. The van der Waals surface area contributed by atoms with Gasteiger partial charge in [0, 0.05) is 58.2 Å². The molecular weight excluding hydrogens is 513 g/mol. The maximum Gasteiger partial charge on any atom is 0.191 e. The van der Waals surface area contributed by atoms with Crippen molar-refractivity contribution in [3.05, 3.63) is 29.8 Å². The molecule has 1 unspecified atom stereocenters. The zero-order chi connectivity index (χ0) is 21.4. The molecule has 1 saturated carbocycles. The van der Waals surface area contributed by atoms with Gasteiger partial charge in [0.15, 0.2) is 17.6 Å². The third-order valence-electron chi connectivity index (χ3n) is 6.53. The smallest absolute Gasteiger partial charge is 0.191 e. The van der Waals surface area contributed by atoms with Crippen LogP contribution in [0.2, 0.25) is 0 Å². The zero-order valence-electron chi connectivity index (χ0n) is 18.8. The Morgan fingerprint density at radius 1 is 1.23 bits per heavy atom. The zero-order valence-corrected chi connectivity index (χ0v) is 21.1. The first kappa shape index (κ1) is 26.1. The van der Waals surface area contributed by atoms with E-state index in [1.807, 2.05) is 0 Å². The first-order valence-corrected chi connectivity index (χ1v) is 11.3. The molecule has 0 amide bonds. The minimum Gasteiger partial charge on any atom is -0.385 e. The van der Waals surface area contributed by atoms with Crippen molar-refractivity contribution in [2.24, 2.45) is 16.3 Å². The molecule has 5 nitrogen and oxygen atoms in total. The molecule has 8 heteroatoms. The predicted octanol–water partition coefficient (Wildman–Crippen LogP) is 4.56. The van der Waals surface area contributed by atoms with Crippen LogP contribution in [0.5, 0.6) is 0 Å². The first-order valence-electron chi connectivity index (χ1n) is 11.3. The second-order valence-corrected chi connectivity index (χ2v) is 8.73. The van der Waals surface area contributed by atoms with E-state index in [1.54, 1.807) is 13.2 Å². The van der Waals surface area contributed by atoms with Crippen molar-refractivity contribution in [2.75, 3.05) is 51.3 Å². The van der Waals surface area contributed by atoms with E-state index in [9.17, 15) is 8.78 Å². The van der Waals surface area contributed by atoms with E-state index in [0.29, 0.717) is 5.92 Å². The Bertz CT molecular complexity index is 713. The molecule has 2 aliphatic rings. The topological polar surface area (TPSA) is 48.9 Å². The van der Waals surface area contributed by atoms with E-state index < -0.39 is 11.6 Å². The summed E-state index contributed by atoms with van der Waals surface area (Å²) in [4.78, 5) is 7.04. The average Bonchev–Trinajstić information content (AvgIpc) is 3.41. The summed E-state index contributed by atoms with van der Waals surface area (Å²) in [7, 11) is 1.77. The normalized spacial score (nSPS) is 20.6. The van der Waals surface area contributed by atoms with Crippen LogP contribution in [-0.4, -0.2) is 52.4 Å². The molecule has 176 valence electrons. The summed E-state index contributed by atoms with van der Waals surface area (Å²) in [5, 5.41) is 6.86. The second-order valence-electron chi connectivity index (χ2n) is 8.73. The summed E-state index contributed by atoms with van der Waals surface area (Å²) < 4.78 is 32.1. The quantitative estimate of drug-likeness (QED) is 0.269. The Morgan fingerprint density at radius 3 is 2.68 bits per heavy atom. The van der Waals surface area contributed by atoms with Crippen LogP contribution in [0.15, 0.2) is 23.2 Å². The SMILES string of the molecule is CCNC(=NCC1(CCOC)CCCC1)NCC1CCN(c2ccc(F)c(F)c2)C1.I. The predicted molar refractivity (Wildman–Crippen MR) is 133 cm³/mol. The molecule has 2 N–H and O–H groups in total. The molecule has 0 radical (unpaired) electrons. The summed E-state index contributed by atoms with van der Waals surface area (Å²) in [6.45, 7) is 7.02. The number of rotatable bonds is 9. The Labute approximate surface area is 202 Å². The number of hydrogen-bond donors (Lipinski definition) is 2. The van der Waals surface area contributed by atoms with Gasteiger partial charge in [-0.05, 0) is 56.1 Å². The number of nitrogens with zero attached hydrogens (tertiary/aromatic N) is 2. The Hall–Kier alpha value is -1.16. The molecule has 0 bridgehead atoms. The van der Waals surface area contributed by atoms with Gasteiger partial charge >= 0.3 is 0 Å². The van der Waals surface area contributed by atoms with Gasteiger partial charge in [-0.15, -0.1) is 24.0 Å². The van der Waals surface area contributed by atoms with Gasteiger partial charge in [-0.1, -0.05) is 12.8 Å². The number of benzene rings is 1. The fourth-order valence-electron chi connectivity index (χ4n) is 4.68. The minimum absolute atomic E-state index is 0. The maximum absolute atomic E-state index is 13.5. The molecule has 1 aromatic rings. The lowest BCUT2D eigenvalue weighted by atomic mass is 9.83. The van der Waals surface area contributed by atoms with Crippen LogP contribution in [0, 0.1) is 23.0 Å². The highest BCUT2D eigenvalue weighted by Gasteiger charge is 2.33. The molecule has 1 heterocycles. The average molecular weight is 550 g/mol. The van der Waals surface area contributed by atoms with Gasteiger partial charge in [0.05, 0.1) is 0 Å². The van der Waals surface area contributed by atoms with E-state index in [4.69, 9.17) is 9.73 Å². The van der Waals surface area contributed by atoms with E-state index in [2.05, 4.69) is 22.5 Å². The molecule has 0 aromatic heterocycles. The largest absolute Gasteiger partial charge is 0.385 e. The number of anilines is 1. The van der Waals surface area contributed by atoms with E-state index in [0.717, 1.165) is 63.8 Å². The molecular formula is C23H37F2IN4O. The molecule has 1 aliphatic carbocycles. The molecule has 3 rings (SSSR count). The molecule has 31 heavy (non-hydrogen) atoms. The van der Waals surface area contributed by atoms with E-state index in [-0.39, 0.29) is 29.4 Å². The van der Waals surface area contributed by atoms with Crippen molar-refractivity contribution in [2.45, 2.75) is 45.4 Å². The second kappa shape index (κ2) is 12.8. The van der Waals surface area contributed by atoms with Gasteiger partial charge < -0.3 is 20.3 Å². The number of hydrogen-bond acceptors (Lipinski definition) is 3. The van der Waals surface area contributed by atoms with Crippen molar-refractivity contribution in [1.82, 2.24) is 10.6 Å². The lowest BCUT2D eigenvalue weighted by Gasteiger charge is -2.27. The standard InChI is InChI=1S/C23H36F2N4O.HI/c1-3-26-22(28-17-23(11-13-30-2)9-4-5-10-23)27-15-18-8-12-29(16-18)19-6-7-20(24)21(25)14-19;/h6-7,14,18H,3-5,8-13,15-17H2,1-2H3,(H2,26,27,28);1H. The van der Waals surface area contributed by atoms with Crippen LogP contribution in [0.25, 0.3) is 0 Å². The van der Waals surface area contributed by atoms with Gasteiger partial charge in [0.25, 0.3) is 0 Å². The number of nitrogens with one attached hydrogen (secondary N) is 2. The van der Waals surface area contributed by atoms with E-state index >= 15 is 0 Å². The van der Waals surface area contributed by atoms with Crippen LogP contribution in [-0.2, 0) is 4.74 Å². The van der Waals surface area contributed by atoms with Crippen molar-refractivity contribution < 1.29 is 13.5 Å². The van der Waals surface area contributed by atoms with Gasteiger partial charge in [0.1, 0.15) is 0 Å². The number of aliphatic imine (C=N–C) groups is 1. The number of guanidine groups is 1. The van der Waals surface area contributed by atoms with Crippen LogP contribution in [0.3, 0.4) is 0 Å². The molecule has 1 saturated heterocycles. The van der Waals surface area contributed by atoms with E-state index in [1.165, 1.54) is 37.8 Å². The molecule has 1 atom stereocenters. The number of ether oxygens (including phenoxy) is 1. The fraction of sp³-hybridized carbons (Fsp3) is 0.696.